The highest BCUT2D eigenvalue weighted by molar-refractivity contribution is 7.99. The van der Waals surface area contributed by atoms with Gasteiger partial charge in [-0.05, 0) is 68.5 Å². The molecule has 0 aliphatic rings. The third-order valence-electron chi connectivity index (χ3n) is 6.45. The van der Waals surface area contributed by atoms with Crippen LogP contribution < -0.4 is 4.74 Å². The van der Waals surface area contributed by atoms with Crippen molar-refractivity contribution in [1.82, 2.24) is 5.16 Å². The Morgan fingerprint density at radius 1 is 1.08 bits per heavy atom. The van der Waals surface area contributed by atoms with Crippen LogP contribution in [0.4, 0.5) is 0 Å². The summed E-state index contributed by atoms with van der Waals surface area (Å²) in [5.41, 5.74) is 5.89. The van der Waals surface area contributed by atoms with Crippen molar-refractivity contribution >= 4 is 28.7 Å². The molecule has 36 heavy (non-hydrogen) atoms. The lowest BCUT2D eigenvalue weighted by Crippen LogP contribution is -2.06. The third kappa shape index (κ3) is 5.93. The highest BCUT2D eigenvalue weighted by atomic mass is 32.2. The Morgan fingerprint density at radius 3 is 2.58 bits per heavy atom. The van der Waals surface area contributed by atoms with E-state index in [2.05, 4.69) is 43.3 Å². The van der Waals surface area contributed by atoms with Crippen molar-refractivity contribution in [3.05, 3.63) is 77.4 Å². The van der Waals surface area contributed by atoms with Crippen molar-refractivity contribution in [2.45, 2.75) is 57.3 Å². The van der Waals surface area contributed by atoms with Gasteiger partial charge in [0, 0.05) is 21.8 Å². The highest BCUT2D eigenvalue weighted by Crippen LogP contribution is 2.36. The van der Waals surface area contributed by atoms with Gasteiger partial charge in [0.15, 0.2) is 5.58 Å². The lowest BCUT2D eigenvalue weighted by Gasteiger charge is -2.12. The molecule has 6 heteroatoms. The van der Waals surface area contributed by atoms with E-state index in [-0.39, 0.29) is 0 Å². The number of carboxylic acids is 1. The van der Waals surface area contributed by atoms with Crippen LogP contribution in [0, 0.1) is 6.92 Å². The second-order valence-electron chi connectivity index (χ2n) is 9.05. The van der Waals surface area contributed by atoms with Crippen LogP contribution in [-0.4, -0.2) is 28.6 Å². The van der Waals surface area contributed by atoms with E-state index in [0.717, 1.165) is 75.4 Å². The predicted molar refractivity (Wildman–Crippen MR) is 146 cm³/mol. The molecule has 188 valence electrons. The average Bonchev–Trinajstić information content (AvgIpc) is 3.32. The van der Waals surface area contributed by atoms with Crippen LogP contribution in [0.3, 0.4) is 0 Å². The maximum absolute atomic E-state index is 11.2. The molecule has 5 nitrogen and oxygen atoms in total. The Balaban J connectivity index is 1.40. The lowest BCUT2D eigenvalue weighted by molar-refractivity contribution is -0.138. The summed E-state index contributed by atoms with van der Waals surface area (Å²) in [6, 6.07) is 20.1. The SMILES string of the molecule is CCCCc1c(OCCCSc2ccc(C(C)C(=O)O)cc2)ccc2c(-c3ccccc3C)noc12. The fraction of sp³-hybridized carbons (Fsp3) is 0.333. The van der Waals surface area contributed by atoms with Gasteiger partial charge in [0.1, 0.15) is 11.4 Å². The van der Waals surface area contributed by atoms with Gasteiger partial charge < -0.3 is 14.4 Å². The predicted octanol–water partition coefficient (Wildman–Crippen LogP) is 7.90. The number of carbonyl (C=O) groups is 1. The number of hydrogen-bond donors (Lipinski definition) is 1. The van der Waals surface area contributed by atoms with Crippen LogP contribution in [0.25, 0.3) is 22.2 Å². The van der Waals surface area contributed by atoms with Gasteiger partial charge in [-0.1, -0.05) is 54.9 Å². The van der Waals surface area contributed by atoms with E-state index in [4.69, 9.17) is 14.4 Å². The Hall–Kier alpha value is -3.25. The van der Waals surface area contributed by atoms with Crippen LogP contribution in [0.5, 0.6) is 5.75 Å². The van der Waals surface area contributed by atoms with E-state index in [1.54, 1.807) is 18.7 Å². The zero-order valence-electron chi connectivity index (χ0n) is 21.1. The maximum atomic E-state index is 11.2. The summed E-state index contributed by atoms with van der Waals surface area (Å²) in [5, 5.41) is 14.6. The molecule has 0 saturated carbocycles. The summed E-state index contributed by atoms with van der Waals surface area (Å²) < 4.78 is 12.1. The zero-order chi connectivity index (χ0) is 25.5. The molecule has 1 unspecified atom stereocenters. The minimum atomic E-state index is -0.805. The molecule has 0 amide bonds. The third-order valence-corrected chi connectivity index (χ3v) is 7.55. The number of ether oxygens (including phenoxy) is 1. The number of aromatic nitrogens is 1. The minimum Gasteiger partial charge on any atom is -0.493 e. The van der Waals surface area contributed by atoms with E-state index < -0.39 is 11.9 Å². The Kier molecular flexibility index (Phi) is 8.70. The average molecular weight is 504 g/mol. The second kappa shape index (κ2) is 12.1. The molecular weight excluding hydrogens is 470 g/mol. The van der Waals surface area contributed by atoms with Gasteiger partial charge in [0.25, 0.3) is 0 Å². The Morgan fingerprint density at radius 2 is 1.86 bits per heavy atom. The molecule has 4 rings (SSSR count). The van der Waals surface area contributed by atoms with E-state index >= 15 is 0 Å². The Bertz CT molecular complexity index is 1310. The van der Waals surface area contributed by atoms with E-state index in [1.165, 1.54) is 5.56 Å². The number of aliphatic carboxylic acids is 1. The molecule has 0 aliphatic heterocycles. The number of carboxylic acid groups (broad SMARTS) is 1. The summed E-state index contributed by atoms with van der Waals surface area (Å²) in [6.45, 7) is 6.60. The smallest absolute Gasteiger partial charge is 0.310 e. The fourth-order valence-electron chi connectivity index (χ4n) is 4.23. The molecule has 0 saturated heterocycles. The normalized spacial score (nSPS) is 12.1. The molecule has 3 aromatic carbocycles. The van der Waals surface area contributed by atoms with E-state index in [1.807, 2.05) is 36.4 Å². The standard InChI is InChI=1S/C30H33NO4S/c1-4-5-10-25-27(17-16-26-28(31-35-29(25)26)24-11-7-6-9-20(24)2)34-18-8-19-36-23-14-12-22(13-15-23)21(3)30(32)33/h6-7,9,11-17,21H,4-5,8,10,18-19H2,1-3H3,(H,32,33). The topological polar surface area (TPSA) is 72.6 Å². The van der Waals surface area contributed by atoms with Crippen LogP contribution in [0.15, 0.2) is 70.1 Å². The quantitative estimate of drug-likeness (QED) is 0.156. The molecule has 0 radical (unpaired) electrons. The van der Waals surface area contributed by atoms with Crippen LogP contribution in [-0.2, 0) is 11.2 Å². The monoisotopic (exact) mass is 503 g/mol. The number of hydrogen-bond acceptors (Lipinski definition) is 5. The van der Waals surface area contributed by atoms with Gasteiger partial charge in [-0.15, -0.1) is 11.8 Å². The second-order valence-corrected chi connectivity index (χ2v) is 10.2. The first-order valence-electron chi connectivity index (χ1n) is 12.5. The van der Waals surface area contributed by atoms with Gasteiger partial charge >= 0.3 is 5.97 Å². The first kappa shape index (κ1) is 25.8. The van der Waals surface area contributed by atoms with E-state index in [9.17, 15) is 4.79 Å². The number of nitrogens with zero attached hydrogens (tertiary/aromatic N) is 1. The van der Waals surface area contributed by atoms with Gasteiger partial charge in [0.2, 0.25) is 0 Å². The number of benzene rings is 3. The van der Waals surface area contributed by atoms with Crippen molar-refractivity contribution in [3.63, 3.8) is 0 Å². The summed E-state index contributed by atoms with van der Waals surface area (Å²) in [4.78, 5) is 12.3. The molecule has 0 bridgehead atoms. The molecule has 4 aromatic rings. The molecule has 0 spiro atoms. The number of aryl methyl sites for hydroxylation is 2. The molecule has 1 N–H and O–H groups in total. The molecule has 1 aromatic heterocycles. The molecule has 0 aliphatic carbocycles. The number of fused-ring (bicyclic) bond motifs is 1. The Labute approximate surface area is 216 Å². The summed E-state index contributed by atoms with van der Waals surface area (Å²) in [5.74, 6) is 0.496. The largest absolute Gasteiger partial charge is 0.493 e. The van der Waals surface area contributed by atoms with Crippen LogP contribution >= 0.6 is 11.8 Å². The molecule has 1 atom stereocenters. The number of rotatable bonds is 12. The van der Waals surface area contributed by atoms with Gasteiger partial charge in [-0.25, -0.2) is 0 Å². The van der Waals surface area contributed by atoms with Gasteiger partial charge in [-0.2, -0.15) is 0 Å². The van der Waals surface area contributed by atoms with Gasteiger partial charge in [-0.3, -0.25) is 4.79 Å². The molecule has 1 heterocycles. The zero-order valence-corrected chi connectivity index (χ0v) is 21.9. The highest BCUT2D eigenvalue weighted by Gasteiger charge is 2.18. The molecular formula is C30H33NO4S. The van der Waals surface area contributed by atoms with Crippen molar-refractivity contribution in [2.24, 2.45) is 0 Å². The minimum absolute atomic E-state index is 0.492. The van der Waals surface area contributed by atoms with Crippen molar-refractivity contribution in [3.8, 4) is 17.0 Å². The number of unbranched alkanes of at least 4 members (excludes halogenated alkanes) is 1. The number of thioether (sulfide) groups is 1. The summed E-state index contributed by atoms with van der Waals surface area (Å²) in [7, 11) is 0. The first-order chi connectivity index (χ1) is 17.5. The van der Waals surface area contributed by atoms with Crippen molar-refractivity contribution in [2.75, 3.05) is 12.4 Å². The summed E-state index contributed by atoms with van der Waals surface area (Å²) in [6.07, 6.45) is 3.94. The van der Waals surface area contributed by atoms with Crippen LogP contribution in [0.1, 0.15) is 55.7 Å². The van der Waals surface area contributed by atoms with Crippen molar-refractivity contribution in [1.29, 1.82) is 0 Å². The maximum Gasteiger partial charge on any atom is 0.310 e. The first-order valence-corrected chi connectivity index (χ1v) is 13.5. The molecule has 0 fully saturated rings. The van der Waals surface area contributed by atoms with Gasteiger partial charge in [0.05, 0.1) is 17.9 Å². The van der Waals surface area contributed by atoms with Crippen molar-refractivity contribution < 1.29 is 19.2 Å². The lowest BCUT2D eigenvalue weighted by atomic mass is 9.99. The summed E-state index contributed by atoms with van der Waals surface area (Å²) >= 11 is 1.75. The van der Waals surface area contributed by atoms with Crippen LogP contribution in [0.2, 0.25) is 0 Å². The fourth-order valence-corrected chi connectivity index (χ4v) is 5.05. The van der Waals surface area contributed by atoms with E-state index in [0.29, 0.717) is 6.61 Å².